The quantitative estimate of drug-likeness (QED) is 0.863. The molecule has 1 atom stereocenters. The maximum absolute atomic E-state index is 6.71. The largest absolute Gasteiger partial charge is 0.497 e. The molecule has 0 fully saturated rings. The summed E-state index contributed by atoms with van der Waals surface area (Å²) in [6.07, 6.45) is 2.85. The van der Waals surface area contributed by atoms with Gasteiger partial charge in [-0.25, -0.2) is 0 Å². The molecule has 2 heteroatoms. The van der Waals surface area contributed by atoms with E-state index >= 15 is 0 Å². The third kappa shape index (κ3) is 3.40. The molecule has 0 spiro atoms. The number of rotatable bonds is 6. The zero-order valence-corrected chi connectivity index (χ0v) is 12.3. The van der Waals surface area contributed by atoms with Gasteiger partial charge >= 0.3 is 0 Å². The molecular formula is C18H23NO. The van der Waals surface area contributed by atoms with Gasteiger partial charge in [0, 0.05) is 5.54 Å². The summed E-state index contributed by atoms with van der Waals surface area (Å²) in [5.74, 6) is 0.884. The zero-order valence-electron chi connectivity index (χ0n) is 12.3. The first kappa shape index (κ1) is 14.6. The smallest absolute Gasteiger partial charge is 0.119 e. The van der Waals surface area contributed by atoms with Crippen LogP contribution in [-0.4, -0.2) is 7.11 Å². The molecule has 2 aromatic carbocycles. The van der Waals surface area contributed by atoms with E-state index in [1.807, 2.05) is 18.2 Å². The van der Waals surface area contributed by atoms with E-state index in [9.17, 15) is 0 Å². The molecule has 2 aromatic rings. The van der Waals surface area contributed by atoms with Crippen LogP contribution < -0.4 is 10.5 Å². The Hall–Kier alpha value is -1.80. The van der Waals surface area contributed by atoms with Gasteiger partial charge in [0.15, 0.2) is 0 Å². The summed E-state index contributed by atoms with van der Waals surface area (Å²) in [5, 5.41) is 0. The molecule has 20 heavy (non-hydrogen) atoms. The van der Waals surface area contributed by atoms with Gasteiger partial charge < -0.3 is 10.5 Å². The molecule has 0 heterocycles. The van der Waals surface area contributed by atoms with E-state index in [-0.39, 0.29) is 5.54 Å². The monoisotopic (exact) mass is 269 g/mol. The highest BCUT2D eigenvalue weighted by Gasteiger charge is 2.26. The van der Waals surface area contributed by atoms with Crippen LogP contribution in [0.3, 0.4) is 0 Å². The van der Waals surface area contributed by atoms with Gasteiger partial charge in [-0.2, -0.15) is 0 Å². The number of hydrogen-bond acceptors (Lipinski definition) is 2. The van der Waals surface area contributed by atoms with E-state index in [1.165, 1.54) is 11.1 Å². The molecule has 0 amide bonds. The first-order valence-corrected chi connectivity index (χ1v) is 7.15. The second-order valence-corrected chi connectivity index (χ2v) is 5.30. The van der Waals surface area contributed by atoms with Crippen LogP contribution in [0.15, 0.2) is 54.6 Å². The average molecular weight is 269 g/mol. The van der Waals surface area contributed by atoms with Crippen LogP contribution in [0.2, 0.25) is 0 Å². The summed E-state index contributed by atoms with van der Waals surface area (Å²) in [7, 11) is 1.69. The minimum absolute atomic E-state index is 0.317. The van der Waals surface area contributed by atoms with E-state index < -0.39 is 0 Å². The van der Waals surface area contributed by atoms with Gasteiger partial charge in [-0.1, -0.05) is 55.8 Å². The third-order valence-corrected chi connectivity index (χ3v) is 3.70. The van der Waals surface area contributed by atoms with Gasteiger partial charge in [-0.3, -0.25) is 0 Å². The Balaban J connectivity index is 2.29. The Kier molecular flexibility index (Phi) is 4.80. The number of methoxy groups -OCH3 is 1. The number of hydrogen-bond donors (Lipinski definition) is 1. The van der Waals surface area contributed by atoms with E-state index in [2.05, 4.69) is 43.3 Å². The molecule has 0 bridgehead atoms. The van der Waals surface area contributed by atoms with Crippen molar-refractivity contribution in [3.05, 3.63) is 65.7 Å². The van der Waals surface area contributed by atoms with Gasteiger partial charge in [0.25, 0.3) is 0 Å². The molecule has 106 valence electrons. The van der Waals surface area contributed by atoms with Crippen LogP contribution in [-0.2, 0) is 12.0 Å². The fourth-order valence-corrected chi connectivity index (χ4v) is 2.70. The highest BCUT2D eigenvalue weighted by atomic mass is 16.5. The topological polar surface area (TPSA) is 35.2 Å². The maximum Gasteiger partial charge on any atom is 0.119 e. The molecular weight excluding hydrogens is 246 g/mol. The normalized spacial score (nSPS) is 13.8. The number of benzene rings is 2. The molecule has 0 aliphatic carbocycles. The van der Waals surface area contributed by atoms with Crippen LogP contribution in [0.1, 0.15) is 30.9 Å². The minimum Gasteiger partial charge on any atom is -0.497 e. The predicted octanol–water partition coefficient (Wildman–Crippen LogP) is 3.89. The van der Waals surface area contributed by atoms with Crippen molar-refractivity contribution in [1.82, 2.24) is 0 Å². The van der Waals surface area contributed by atoms with Crippen molar-refractivity contribution in [2.24, 2.45) is 5.73 Å². The Labute approximate surface area is 121 Å². The highest BCUT2D eigenvalue weighted by molar-refractivity contribution is 5.33. The molecule has 0 radical (unpaired) electrons. The Morgan fingerprint density at radius 2 is 1.80 bits per heavy atom. The average Bonchev–Trinajstić information content (AvgIpc) is 2.48. The molecule has 0 aliphatic rings. The Morgan fingerprint density at radius 3 is 2.45 bits per heavy atom. The van der Waals surface area contributed by atoms with E-state index in [1.54, 1.807) is 7.11 Å². The van der Waals surface area contributed by atoms with Crippen molar-refractivity contribution in [1.29, 1.82) is 0 Å². The summed E-state index contributed by atoms with van der Waals surface area (Å²) in [4.78, 5) is 0. The van der Waals surface area contributed by atoms with Crippen LogP contribution in [0.25, 0.3) is 0 Å². The van der Waals surface area contributed by atoms with Crippen molar-refractivity contribution in [2.75, 3.05) is 7.11 Å². The standard InChI is InChI=1S/C18H23NO/c1-3-12-18(19,16-9-5-4-6-10-16)14-15-8-7-11-17(13-15)20-2/h4-11,13H,3,12,14,19H2,1-2H3. The van der Waals surface area contributed by atoms with Gasteiger partial charge in [0.2, 0.25) is 0 Å². The molecule has 2 nitrogen and oxygen atoms in total. The summed E-state index contributed by atoms with van der Waals surface area (Å²) in [6.45, 7) is 2.18. The zero-order chi connectivity index (χ0) is 14.4. The summed E-state index contributed by atoms with van der Waals surface area (Å²) in [6, 6.07) is 18.5. The lowest BCUT2D eigenvalue weighted by Crippen LogP contribution is -2.38. The molecule has 0 saturated heterocycles. The maximum atomic E-state index is 6.71. The van der Waals surface area contributed by atoms with Crippen LogP contribution >= 0.6 is 0 Å². The first-order valence-electron chi connectivity index (χ1n) is 7.15. The second-order valence-electron chi connectivity index (χ2n) is 5.30. The number of nitrogens with two attached hydrogens (primary N) is 1. The highest BCUT2D eigenvalue weighted by Crippen LogP contribution is 2.29. The van der Waals surface area contributed by atoms with Gasteiger partial charge in [-0.15, -0.1) is 0 Å². The minimum atomic E-state index is -0.317. The molecule has 0 aliphatic heterocycles. The lowest BCUT2D eigenvalue weighted by Gasteiger charge is -2.30. The molecule has 2 rings (SSSR count). The fraction of sp³-hybridized carbons (Fsp3) is 0.333. The Morgan fingerprint density at radius 1 is 1.05 bits per heavy atom. The van der Waals surface area contributed by atoms with Gasteiger partial charge in [0.05, 0.1) is 7.11 Å². The van der Waals surface area contributed by atoms with Gasteiger partial charge in [0.1, 0.15) is 5.75 Å². The summed E-state index contributed by atoms with van der Waals surface area (Å²) >= 11 is 0. The predicted molar refractivity (Wildman–Crippen MR) is 83.9 cm³/mol. The van der Waals surface area contributed by atoms with Gasteiger partial charge in [-0.05, 0) is 36.1 Å². The summed E-state index contributed by atoms with van der Waals surface area (Å²) in [5.41, 5.74) is 8.81. The van der Waals surface area contributed by atoms with E-state index in [0.29, 0.717) is 0 Å². The SMILES string of the molecule is CCCC(N)(Cc1cccc(OC)c1)c1ccccc1. The van der Waals surface area contributed by atoms with E-state index in [0.717, 1.165) is 25.0 Å². The van der Waals surface area contributed by atoms with Crippen LogP contribution in [0.5, 0.6) is 5.75 Å². The van der Waals surface area contributed by atoms with Crippen LogP contribution in [0.4, 0.5) is 0 Å². The lowest BCUT2D eigenvalue weighted by atomic mass is 9.81. The Bertz CT molecular complexity index is 538. The first-order chi connectivity index (χ1) is 9.68. The second kappa shape index (κ2) is 6.58. The molecule has 2 N–H and O–H groups in total. The lowest BCUT2D eigenvalue weighted by molar-refractivity contribution is 0.395. The van der Waals surface area contributed by atoms with Crippen LogP contribution in [0, 0.1) is 0 Å². The summed E-state index contributed by atoms with van der Waals surface area (Å²) < 4.78 is 5.29. The van der Waals surface area contributed by atoms with Crippen molar-refractivity contribution >= 4 is 0 Å². The molecule has 0 aromatic heterocycles. The van der Waals surface area contributed by atoms with Crippen molar-refractivity contribution in [2.45, 2.75) is 31.7 Å². The number of ether oxygens (including phenoxy) is 1. The van der Waals surface area contributed by atoms with Crippen molar-refractivity contribution < 1.29 is 4.74 Å². The molecule has 1 unspecified atom stereocenters. The third-order valence-electron chi connectivity index (χ3n) is 3.70. The van der Waals surface area contributed by atoms with E-state index in [4.69, 9.17) is 10.5 Å². The fourth-order valence-electron chi connectivity index (χ4n) is 2.70. The molecule has 0 saturated carbocycles. The van der Waals surface area contributed by atoms with Crippen molar-refractivity contribution in [3.8, 4) is 5.75 Å². The van der Waals surface area contributed by atoms with Crippen molar-refractivity contribution in [3.63, 3.8) is 0 Å².